The third-order valence-corrected chi connectivity index (χ3v) is 2.44. The van der Waals surface area contributed by atoms with E-state index in [2.05, 4.69) is 5.10 Å². The molecule has 0 spiro atoms. The van der Waals surface area contributed by atoms with E-state index in [1.807, 2.05) is 0 Å². The van der Waals surface area contributed by atoms with Crippen molar-refractivity contribution in [1.82, 2.24) is 9.78 Å². The van der Waals surface area contributed by atoms with E-state index in [1.54, 1.807) is 13.0 Å². The number of carbonyl (C=O) groups is 1. The number of rotatable bonds is 2. The van der Waals surface area contributed by atoms with Gasteiger partial charge in [-0.1, -0.05) is 12.1 Å². The molecule has 0 unspecified atom stereocenters. The van der Waals surface area contributed by atoms with Gasteiger partial charge in [-0.15, -0.1) is 0 Å². The number of benzene rings is 1. The molecule has 0 aliphatic carbocycles. The van der Waals surface area contributed by atoms with Gasteiger partial charge in [0, 0.05) is 5.39 Å². The molecule has 0 saturated heterocycles. The Balaban J connectivity index is 2.65. The van der Waals surface area contributed by atoms with Crippen molar-refractivity contribution in [3.05, 3.63) is 29.5 Å². The van der Waals surface area contributed by atoms with E-state index in [0.717, 1.165) is 5.56 Å². The molecule has 1 heterocycles. The number of carboxylic acids is 1. The molecule has 2 rings (SSSR count). The summed E-state index contributed by atoms with van der Waals surface area (Å²) in [6.07, 6.45) is -4.45. The number of hydrogen-bond donors (Lipinski definition) is 1. The number of nitrogens with zero attached hydrogens (tertiary/aromatic N) is 2. The van der Waals surface area contributed by atoms with E-state index in [4.69, 9.17) is 5.11 Å². The Hall–Kier alpha value is -2.05. The summed E-state index contributed by atoms with van der Waals surface area (Å²) in [7, 11) is 0. The second-order valence-corrected chi connectivity index (χ2v) is 3.95. The van der Waals surface area contributed by atoms with E-state index in [9.17, 15) is 18.0 Å². The number of hydrogen-bond acceptors (Lipinski definition) is 2. The number of aryl methyl sites for hydroxylation is 1. The Morgan fingerprint density at radius 1 is 1.44 bits per heavy atom. The summed E-state index contributed by atoms with van der Waals surface area (Å²) in [5.41, 5.74) is 0.543. The quantitative estimate of drug-likeness (QED) is 0.900. The highest BCUT2D eigenvalue weighted by Crippen LogP contribution is 2.24. The summed E-state index contributed by atoms with van der Waals surface area (Å²) in [5.74, 6) is -1.34. The minimum Gasteiger partial charge on any atom is -0.476 e. The van der Waals surface area contributed by atoms with Crippen LogP contribution in [0.3, 0.4) is 0 Å². The van der Waals surface area contributed by atoms with Gasteiger partial charge in [0.2, 0.25) is 0 Å². The first-order chi connectivity index (χ1) is 8.28. The molecule has 4 nitrogen and oxygen atoms in total. The van der Waals surface area contributed by atoms with Gasteiger partial charge < -0.3 is 5.11 Å². The number of alkyl halides is 3. The molecule has 0 radical (unpaired) electrons. The van der Waals surface area contributed by atoms with E-state index < -0.39 is 18.7 Å². The van der Waals surface area contributed by atoms with Gasteiger partial charge in [-0.05, 0) is 18.6 Å². The van der Waals surface area contributed by atoms with Gasteiger partial charge in [0.05, 0.1) is 5.52 Å². The lowest BCUT2D eigenvalue weighted by atomic mass is 10.1. The maximum atomic E-state index is 12.4. The molecular formula is C11H9F3N2O2. The van der Waals surface area contributed by atoms with Crippen LogP contribution >= 0.6 is 0 Å². The zero-order valence-electron chi connectivity index (χ0n) is 9.32. The third-order valence-electron chi connectivity index (χ3n) is 2.44. The summed E-state index contributed by atoms with van der Waals surface area (Å²) < 4.78 is 37.8. The van der Waals surface area contributed by atoms with Crippen LogP contribution in [0.5, 0.6) is 0 Å². The SMILES string of the molecule is Cc1ccc2c(C(=O)O)nn(CC(F)(F)F)c2c1. The molecule has 0 fully saturated rings. The van der Waals surface area contributed by atoms with E-state index in [1.165, 1.54) is 12.1 Å². The van der Waals surface area contributed by atoms with Crippen LogP contribution in [0.25, 0.3) is 10.9 Å². The van der Waals surface area contributed by atoms with Gasteiger partial charge in [-0.25, -0.2) is 4.79 Å². The Morgan fingerprint density at radius 2 is 2.11 bits per heavy atom. The predicted molar refractivity (Wildman–Crippen MR) is 57.5 cm³/mol. The normalized spacial score (nSPS) is 12.0. The highest BCUT2D eigenvalue weighted by atomic mass is 19.4. The highest BCUT2D eigenvalue weighted by molar-refractivity contribution is 6.01. The molecule has 1 N–H and O–H groups in total. The van der Waals surface area contributed by atoms with Crippen molar-refractivity contribution in [2.75, 3.05) is 0 Å². The van der Waals surface area contributed by atoms with Crippen LogP contribution in [0.2, 0.25) is 0 Å². The van der Waals surface area contributed by atoms with Crippen LogP contribution in [-0.4, -0.2) is 27.0 Å². The molecule has 0 aliphatic heterocycles. The van der Waals surface area contributed by atoms with Crippen molar-refractivity contribution in [1.29, 1.82) is 0 Å². The molecule has 0 atom stereocenters. The lowest BCUT2D eigenvalue weighted by Gasteiger charge is -2.07. The van der Waals surface area contributed by atoms with Crippen LogP contribution in [-0.2, 0) is 6.54 Å². The number of aromatic nitrogens is 2. The molecular weight excluding hydrogens is 249 g/mol. The van der Waals surface area contributed by atoms with Crippen molar-refractivity contribution >= 4 is 16.9 Å². The smallest absolute Gasteiger partial charge is 0.408 e. The van der Waals surface area contributed by atoms with Gasteiger partial charge in [0.1, 0.15) is 6.54 Å². The summed E-state index contributed by atoms with van der Waals surface area (Å²) in [6, 6.07) is 4.59. The largest absolute Gasteiger partial charge is 0.476 e. The summed E-state index contributed by atoms with van der Waals surface area (Å²) >= 11 is 0. The monoisotopic (exact) mass is 258 g/mol. The standard InChI is InChI=1S/C11H9F3N2O2/c1-6-2-3-7-8(4-6)16(5-11(12,13)14)15-9(7)10(17)18/h2-4H,5H2,1H3,(H,17,18). The predicted octanol–water partition coefficient (Wildman–Crippen LogP) is 2.61. The Bertz CT molecular complexity index is 617. The molecule has 0 amide bonds. The van der Waals surface area contributed by atoms with Gasteiger partial charge in [-0.3, -0.25) is 4.68 Å². The van der Waals surface area contributed by atoms with Crippen molar-refractivity contribution < 1.29 is 23.1 Å². The fraction of sp³-hybridized carbons (Fsp3) is 0.273. The zero-order valence-corrected chi connectivity index (χ0v) is 9.32. The first-order valence-electron chi connectivity index (χ1n) is 5.05. The number of fused-ring (bicyclic) bond motifs is 1. The molecule has 96 valence electrons. The minimum absolute atomic E-state index is 0.171. The van der Waals surface area contributed by atoms with Crippen molar-refractivity contribution in [3.8, 4) is 0 Å². The summed E-state index contributed by atoms with van der Waals surface area (Å²) in [4.78, 5) is 10.9. The van der Waals surface area contributed by atoms with Crippen LogP contribution in [0.15, 0.2) is 18.2 Å². The maximum absolute atomic E-state index is 12.4. The Labute approximate surface area is 99.6 Å². The van der Waals surface area contributed by atoms with E-state index in [0.29, 0.717) is 4.68 Å². The number of carboxylic acid groups (broad SMARTS) is 1. The molecule has 7 heteroatoms. The molecule has 0 saturated carbocycles. The zero-order chi connectivity index (χ0) is 13.5. The van der Waals surface area contributed by atoms with Crippen LogP contribution in [0, 0.1) is 6.92 Å². The topological polar surface area (TPSA) is 55.1 Å². The Morgan fingerprint density at radius 3 is 2.67 bits per heavy atom. The molecule has 1 aromatic heterocycles. The minimum atomic E-state index is -4.45. The first-order valence-corrected chi connectivity index (χ1v) is 5.05. The molecule has 2 aromatic rings. The van der Waals surface area contributed by atoms with Crippen molar-refractivity contribution in [2.45, 2.75) is 19.6 Å². The van der Waals surface area contributed by atoms with Gasteiger partial charge in [0.15, 0.2) is 5.69 Å². The van der Waals surface area contributed by atoms with Gasteiger partial charge in [0.25, 0.3) is 0 Å². The summed E-state index contributed by atoms with van der Waals surface area (Å²) in [5, 5.41) is 12.6. The van der Waals surface area contributed by atoms with Gasteiger partial charge in [-0.2, -0.15) is 18.3 Å². The first kappa shape index (κ1) is 12.4. The second-order valence-electron chi connectivity index (χ2n) is 3.95. The van der Waals surface area contributed by atoms with Crippen LogP contribution < -0.4 is 0 Å². The van der Waals surface area contributed by atoms with Crippen molar-refractivity contribution in [3.63, 3.8) is 0 Å². The van der Waals surface area contributed by atoms with Crippen molar-refractivity contribution in [2.24, 2.45) is 0 Å². The van der Waals surface area contributed by atoms with E-state index in [-0.39, 0.29) is 16.6 Å². The third kappa shape index (κ3) is 2.29. The molecule has 0 bridgehead atoms. The lowest BCUT2D eigenvalue weighted by molar-refractivity contribution is -0.141. The Kier molecular flexibility index (Phi) is 2.76. The molecule has 18 heavy (non-hydrogen) atoms. The fourth-order valence-electron chi connectivity index (χ4n) is 1.73. The second kappa shape index (κ2) is 4.01. The highest BCUT2D eigenvalue weighted by Gasteiger charge is 2.30. The lowest BCUT2D eigenvalue weighted by Crippen LogP contribution is -2.19. The van der Waals surface area contributed by atoms with E-state index >= 15 is 0 Å². The van der Waals surface area contributed by atoms with Crippen LogP contribution in [0.1, 0.15) is 16.1 Å². The molecule has 0 aliphatic rings. The molecule has 1 aromatic carbocycles. The van der Waals surface area contributed by atoms with Gasteiger partial charge >= 0.3 is 12.1 Å². The summed E-state index contributed by atoms with van der Waals surface area (Å²) in [6.45, 7) is 0.408. The fourth-order valence-corrected chi connectivity index (χ4v) is 1.73. The average Bonchev–Trinajstić information content (AvgIpc) is 2.54. The maximum Gasteiger partial charge on any atom is 0.408 e. The number of aromatic carboxylic acids is 1. The number of halogens is 3. The average molecular weight is 258 g/mol. The van der Waals surface area contributed by atoms with Crippen LogP contribution in [0.4, 0.5) is 13.2 Å².